The van der Waals surface area contributed by atoms with Crippen molar-refractivity contribution in [3.8, 4) is 0 Å². The van der Waals surface area contributed by atoms with Crippen LogP contribution in [0.4, 0.5) is 4.79 Å². The van der Waals surface area contributed by atoms with Crippen LogP contribution in [0.1, 0.15) is 48.5 Å². The van der Waals surface area contributed by atoms with E-state index in [0.717, 1.165) is 22.9 Å². The van der Waals surface area contributed by atoms with Crippen molar-refractivity contribution in [2.75, 3.05) is 32.8 Å². The molecular weight excluding hydrogens is 438 g/mol. The van der Waals surface area contributed by atoms with Gasteiger partial charge in [-0.25, -0.2) is 4.79 Å². The Labute approximate surface area is 178 Å². The number of fused-ring (bicyclic) bond motifs is 2. The Morgan fingerprint density at radius 2 is 2.00 bits per heavy atom. The quantitative estimate of drug-likeness (QED) is 0.744. The molecule has 2 fully saturated rings. The molecule has 0 bridgehead atoms. The summed E-state index contributed by atoms with van der Waals surface area (Å²) in [5.74, 6) is -0.207. The zero-order valence-electron chi connectivity index (χ0n) is 16.6. The molecule has 1 N–H and O–H groups in total. The summed E-state index contributed by atoms with van der Waals surface area (Å²) in [7, 11) is 0. The summed E-state index contributed by atoms with van der Waals surface area (Å²) in [4.78, 5) is 40.7. The second-order valence-electron chi connectivity index (χ2n) is 8.16. The molecule has 1 saturated carbocycles. The lowest BCUT2D eigenvalue weighted by Crippen LogP contribution is -2.51. The zero-order chi connectivity index (χ0) is 20.6. The third kappa shape index (κ3) is 4.13. The minimum absolute atomic E-state index is 0.0122. The Balaban J connectivity index is 1.33. The molecule has 0 atom stereocenters. The summed E-state index contributed by atoms with van der Waals surface area (Å²) in [6.07, 6.45) is 3.19. The highest BCUT2D eigenvalue weighted by Crippen LogP contribution is 2.52. The van der Waals surface area contributed by atoms with Gasteiger partial charge in [-0.05, 0) is 56.4 Å². The molecule has 3 aliphatic rings. The lowest BCUT2D eigenvalue weighted by molar-refractivity contribution is -0.122. The van der Waals surface area contributed by atoms with Gasteiger partial charge in [0.25, 0.3) is 5.91 Å². The maximum atomic E-state index is 12.9. The van der Waals surface area contributed by atoms with Gasteiger partial charge in [0.1, 0.15) is 0 Å². The maximum Gasteiger partial charge on any atom is 0.409 e. The van der Waals surface area contributed by atoms with Crippen LogP contribution in [0.2, 0.25) is 0 Å². The predicted octanol–water partition coefficient (Wildman–Crippen LogP) is 2.67. The summed E-state index contributed by atoms with van der Waals surface area (Å²) in [6.45, 7) is 3.96. The van der Waals surface area contributed by atoms with E-state index < -0.39 is 0 Å². The van der Waals surface area contributed by atoms with Gasteiger partial charge in [0.05, 0.1) is 13.2 Å². The van der Waals surface area contributed by atoms with Crippen LogP contribution in [0.15, 0.2) is 22.7 Å². The zero-order valence-corrected chi connectivity index (χ0v) is 18.2. The summed E-state index contributed by atoms with van der Waals surface area (Å²) in [5.41, 5.74) is 1.84. The SMILES string of the molecule is CCOC(=O)N1CCC(NC(=O)CN2CC3(CC3)c3cc(Br)ccc3C2=O)CC1. The van der Waals surface area contributed by atoms with E-state index in [4.69, 9.17) is 4.74 Å². The Hall–Kier alpha value is -2.09. The molecule has 7 nitrogen and oxygen atoms in total. The minimum Gasteiger partial charge on any atom is -0.450 e. The first-order valence-electron chi connectivity index (χ1n) is 10.2. The lowest BCUT2D eigenvalue weighted by Gasteiger charge is -2.35. The fraction of sp³-hybridized carbons (Fsp3) is 0.571. The predicted molar refractivity (Wildman–Crippen MR) is 111 cm³/mol. The van der Waals surface area contributed by atoms with E-state index in [1.165, 1.54) is 0 Å². The molecule has 2 heterocycles. The molecule has 1 aromatic rings. The number of likely N-dealkylation sites (tertiary alicyclic amines) is 1. The van der Waals surface area contributed by atoms with Crippen molar-refractivity contribution in [2.45, 2.75) is 44.1 Å². The molecule has 1 spiro atoms. The van der Waals surface area contributed by atoms with Gasteiger partial charge in [-0.15, -0.1) is 0 Å². The van der Waals surface area contributed by atoms with Crippen molar-refractivity contribution < 1.29 is 19.1 Å². The first-order valence-corrected chi connectivity index (χ1v) is 11.0. The highest BCUT2D eigenvalue weighted by Gasteiger charge is 2.51. The molecule has 29 heavy (non-hydrogen) atoms. The van der Waals surface area contributed by atoms with Crippen LogP contribution in [0, 0.1) is 0 Å². The van der Waals surface area contributed by atoms with Crippen LogP contribution in [0.25, 0.3) is 0 Å². The minimum atomic E-state index is -0.295. The number of amides is 3. The maximum absolute atomic E-state index is 12.9. The van der Waals surface area contributed by atoms with Gasteiger partial charge in [-0.3, -0.25) is 9.59 Å². The summed E-state index contributed by atoms with van der Waals surface area (Å²) >= 11 is 3.50. The molecule has 156 valence electrons. The molecule has 1 aliphatic carbocycles. The van der Waals surface area contributed by atoms with E-state index in [9.17, 15) is 14.4 Å². The lowest BCUT2D eigenvalue weighted by atomic mass is 9.86. The topological polar surface area (TPSA) is 79.0 Å². The molecule has 0 aromatic heterocycles. The summed E-state index contributed by atoms with van der Waals surface area (Å²) < 4.78 is 6.01. The fourth-order valence-corrected chi connectivity index (χ4v) is 4.77. The number of carbonyl (C=O) groups excluding carboxylic acids is 3. The largest absolute Gasteiger partial charge is 0.450 e. The van der Waals surface area contributed by atoms with Crippen molar-refractivity contribution in [3.05, 3.63) is 33.8 Å². The second kappa shape index (κ2) is 7.97. The van der Waals surface area contributed by atoms with E-state index in [0.29, 0.717) is 44.6 Å². The molecule has 1 aromatic carbocycles. The van der Waals surface area contributed by atoms with Crippen molar-refractivity contribution in [1.82, 2.24) is 15.1 Å². The van der Waals surface area contributed by atoms with Crippen LogP contribution in [0.3, 0.4) is 0 Å². The Bertz CT molecular complexity index is 831. The van der Waals surface area contributed by atoms with E-state index in [1.807, 2.05) is 12.1 Å². The summed E-state index contributed by atoms with van der Waals surface area (Å²) in [6, 6.07) is 5.81. The third-order valence-electron chi connectivity index (χ3n) is 6.14. The van der Waals surface area contributed by atoms with Crippen molar-refractivity contribution in [3.63, 3.8) is 0 Å². The standard InChI is InChI=1S/C21H26BrN3O4/c1-2-29-20(28)24-9-5-15(6-10-24)23-18(26)12-25-13-21(7-8-21)17-11-14(22)3-4-16(17)19(25)27/h3-4,11,15H,2,5-10,12-13H2,1H3,(H,23,26). The molecule has 8 heteroatoms. The van der Waals surface area contributed by atoms with Gasteiger partial charge >= 0.3 is 6.09 Å². The van der Waals surface area contributed by atoms with Crippen molar-refractivity contribution in [2.24, 2.45) is 0 Å². The highest BCUT2D eigenvalue weighted by molar-refractivity contribution is 9.10. The normalized spacial score (nSPS) is 20.4. The fourth-order valence-electron chi connectivity index (χ4n) is 4.41. The van der Waals surface area contributed by atoms with Crippen molar-refractivity contribution >= 4 is 33.8 Å². The number of halogens is 1. The van der Waals surface area contributed by atoms with Crippen LogP contribution in [0.5, 0.6) is 0 Å². The number of piperidine rings is 1. The average Bonchev–Trinajstić information content (AvgIpc) is 3.47. The number of rotatable bonds is 4. The smallest absolute Gasteiger partial charge is 0.409 e. The molecule has 0 radical (unpaired) electrons. The molecule has 3 amide bonds. The third-order valence-corrected chi connectivity index (χ3v) is 6.63. The van der Waals surface area contributed by atoms with Crippen LogP contribution in [-0.4, -0.2) is 66.5 Å². The first kappa shape index (κ1) is 20.2. The second-order valence-corrected chi connectivity index (χ2v) is 9.07. The number of nitrogens with zero attached hydrogens (tertiary/aromatic N) is 2. The van der Waals surface area contributed by atoms with Gasteiger partial charge in [-0.2, -0.15) is 0 Å². The Morgan fingerprint density at radius 1 is 1.28 bits per heavy atom. The Kier molecular flexibility index (Phi) is 5.55. The van der Waals surface area contributed by atoms with E-state index in [2.05, 4.69) is 27.3 Å². The van der Waals surface area contributed by atoms with E-state index >= 15 is 0 Å². The molecular formula is C21H26BrN3O4. The van der Waals surface area contributed by atoms with Gasteiger partial charge in [0, 0.05) is 41.1 Å². The van der Waals surface area contributed by atoms with Gasteiger partial charge in [0.2, 0.25) is 5.91 Å². The van der Waals surface area contributed by atoms with Gasteiger partial charge in [0.15, 0.2) is 0 Å². The van der Waals surface area contributed by atoms with E-state index in [1.54, 1.807) is 16.7 Å². The average molecular weight is 464 g/mol. The van der Waals surface area contributed by atoms with Gasteiger partial charge in [-0.1, -0.05) is 15.9 Å². The van der Waals surface area contributed by atoms with Crippen LogP contribution >= 0.6 is 15.9 Å². The summed E-state index contributed by atoms with van der Waals surface area (Å²) in [5, 5.41) is 3.04. The number of hydrogen-bond donors (Lipinski definition) is 1. The number of nitrogens with one attached hydrogen (secondary N) is 1. The number of carbonyl (C=O) groups is 3. The molecule has 0 unspecified atom stereocenters. The monoisotopic (exact) mass is 463 g/mol. The molecule has 4 rings (SSSR count). The first-order chi connectivity index (χ1) is 13.9. The van der Waals surface area contributed by atoms with Crippen molar-refractivity contribution in [1.29, 1.82) is 0 Å². The number of ether oxygens (including phenoxy) is 1. The Morgan fingerprint density at radius 3 is 2.66 bits per heavy atom. The van der Waals surface area contributed by atoms with Gasteiger partial charge < -0.3 is 19.9 Å². The van der Waals surface area contributed by atoms with E-state index in [-0.39, 0.29) is 35.9 Å². The van der Waals surface area contributed by atoms with Crippen LogP contribution < -0.4 is 5.32 Å². The van der Waals surface area contributed by atoms with Crippen LogP contribution in [-0.2, 0) is 14.9 Å². The number of hydrogen-bond acceptors (Lipinski definition) is 4. The number of benzene rings is 1. The highest BCUT2D eigenvalue weighted by atomic mass is 79.9. The molecule has 1 saturated heterocycles. The molecule has 2 aliphatic heterocycles.